The third kappa shape index (κ3) is 3.67. The van der Waals surface area contributed by atoms with Crippen LogP contribution in [0.5, 0.6) is 0 Å². The van der Waals surface area contributed by atoms with Gasteiger partial charge in [0, 0.05) is 11.1 Å². The van der Waals surface area contributed by atoms with E-state index in [4.69, 9.17) is 0 Å². The van der Waals surface area contributed by atoms with Crippen molar-refractivity contribution in [2.45, 2.75) is 6.16 Å². The van der Waals surface area contributed by atoms with Crippen molar-refractivity contribution in [3.05, 3.63) is 65.2 Å². The molecular weight excluding hydrogens is 242 g/mol. The second-order valence-electron chi connectivity index (χ2n) is 3.77. The van der Waals surface area contributed by atoms with Crippen molar-refractivity contribution in [2.75, 3.05) is 0 Å². The second-order valence-corrected chi connectivity index (χ2v) is 4.85. The molecule has 2 unspecified atom stereocenters. The molecule has 2 heteroatoms. The highest BCUT2D eigenvalue weighted by Crippen LogP contribution is 2.07. The van der Waals surface area contributed by atoms with Gasteiger partial charge in [0.2, 0.25) is 0 Å². The van der Waals surface area contributed by atoms with Gasteiger partial charge in [-0.3, -0.25) is 0 Å². The van der Waals surface area contributed by atoms with Crippen LogP contribution in [0, 0.1) is 11.8 Å². The predicted octanol–water partition coefficient (Wildman–Crippen LogP) is 2.96. The van der Waals surface area contributed by atoms with Crippen LogP contribution in [0.15, 0.2) is 48.5 Å². The zero-order chi connectivity index (χ0) is 12.1. The smallest absolute Gasteiger partial charge is 0.0249 e. The summed E-state index contributed by atoms with van der Waals surface area (Å²) in [6.07, 6.45) is 0.989. The van der Waals surface area contributed by atoms with Crippen LogP contribution in [-0.4, -0.2) is 0 Å². The van der Waals surface area contributed by atoms with Gasteiger partial charge < -0.3 is 0 Å². The molecule has 2 atom stereocenters. The highest BCUT2D eigenvalue weighted by atomic mass is 31.0. The fraction of sp³-hybridized carbons (Fsp3) is 0.0667. The van der Waals surface area contributed by atoms with Crippen LogP contribution in [0.25, 0.3) is 0 Å². The van der Waals surface area contributed by atoms with Crippen molar-refractivity contribution >= 4 is 23.8 Å². The molecule has 0 saturated heterocycles. The summed E-state index contributed by atoms with van der Waals surface area (Å²) < 4.78 is 0. The van der Waals surface area contributed by atoms with Gasteiger partial charge in [-0.1, -0.05) is 36.1 Å². The molecule has 0 saturated carbocycles. The molecule has 0 amide bonds. The molecule has 0 radical (unpaired) electrons. The number of rotatable bonds is 1. The molecule has 84 valence electrons. The van der Waals surface area contributed by atoms with Gasteiger partial charge in [0.1, 0.15) is 0 Å². The minimum Gasteiger partial charge on any atom is -0.133 e. The lowest BCUT2D eigenvalue weighted by Crippen LogP contribution is -1.87. The van der Waals surface area contributed by atoms with E-state index in [9.17, 15) is 0 Å². The Bertz CT molecular complexity index is 542. The largest absolute Gasteiger partial charge is 0.133 e. The Balaban J connectivity index is 2.17. The lowest BCUT2D eigenvalue weighted by molar-refractivity contribution is 1.41. The van der Waals surface area contributed by atoms with Crippen LogP contribution in [0.2, 0.25) is 0 Å². The van der Waals surface area contributed by atoms with Gasteiger partial charge in [-0.2, -0.15) is 0 Å². The van der Waals surface area contributed by atoms with Gasteiger partial charge in [-0.15, -0.1) is 18.5 Å². The molecule has 17 heavy (non-hydrogen) atoms. The summed E-state index contributed by atoms with van der Waals surface area (Å²) in [6, 6.07) is 16.5. The topological polar surface area (TPSA) is 0 Å². The van der Waals surface area contributed by atoms with Crippen molar-refractivity contribution < 1.29 is 0 Å². The maximum atomic E-state index is 3.17. The van der Waals surface area contributed by atoms with Gasteiger partial charge in [0.15, 0.2) is 0 Å². The maximum absolute atomic E-state index is 3.17. The van der Waals surface area contributed by atoms with Crippen LogP contribution < -0.4 is 5.30 Å². The fourth-order valence-corrected chi connectivity index (χ4v) is 1.90. The Kier molecular flexibility index (Phi) is 4.33. The highest BCUT2D eigenvalue weighted by Gasteiger charge is 1.89. The fourth-order valence-electron chi connectivity index (χ4n) is 1.43. The first-order chi connectivity index (χ1) is 8.28. The van der Waals surface area contributed by atoms with Gasteiger partial charge in [0.25, 0.3) is 0 Å². The third-order valence-corrected chi connectivity index (χ3v) is 3.31. The second kappa shape index (κ2) is 5.97. The van der Waals surface area contributed by atoms with E-state index < -0.39 is 0 Å². The Morgan fingerprint density at radius 3 is 1.71 bits per heavy atom. The number of hydrogen-bond donors (Lipinski definition) is 0. The van der Waals surface area contributed by atoms with Gasteiger partial charge >= 0.3 is 0 Å². The Hall–Kier alpha value is -1.14. The zero-order valence-electron chi connectivity index (χ0n) is 9.48. The summed E-state index contributed by atoms with van der Waals surface area (Å²) in [6.45, 7) is 0. The first kappa shape index (κ1) is 12.3. The first-order valence-corrected chi connectivity index (χ1v) is 6.84. The van der Waals surface area contributed by atoms with Crippen molar-refractivity contribution in [3.63, 3.8) is 0 Å². The highest BCUT2D eigenvalue weighted by molar-refractivity contribution is 7.27. The van der Waals surface area contributed by atoms with E-state index in [-0.39, 0.29) is 0 Å². The van der Waals surface area contributed by atoms with Crippen LogP contribution in [0.4, 0.5) is 0 Å². The van der Waals surface area contributed by atoms with Crippen molar-refractivity contribution in [3.8, 4) is 11.8 Å². The van der Waals surface area contributed by atoms with E-state index in [0.29, 0.717) is 0 Å². The quantitative estimate of drug-likeness (QED) is 0.543. The van der Waals surface area contributed by atoms with Crippen LogP contribution in [0.1, 0.15) is 16.7 Å². The van der Waals surface area contributed by atoms with Crippen molar-refractivity contribution in [1.29, 1.82) is 0 Å². The number of benzene rings is 2. The summed E-state index contributed by atoms with van der Waals surface area (Å²) in [5.41, 5.74) is 3.42. The minimum atomic E-state index is 0.989. The minimum absolute atomic E-state index is 0.989. The monoisotopic (exact) mass is 256 g/mol. The molecule has 2 rings (SSSR count). The van der Waals surface area contributed by atoms with Crippen LogP contribution in [-0.2, 0) is 6.16 Å². The lowest BCUT2D eigenvalue weighted by Gasteiger charge is -1.95. The number of hydrogen-bond acceptors (Lipinski definition) is 0. The molecule has 0 bridgehead atoms. The molecule has 0 fully saturated rings. The molecule has 0 heterocycles. The molecular formula is C15H14P2. The lowest BCUT2D eigenvalue weighted by atomic mass is 10.1. The molecule has 0 aliphatic rings. The van der Waals surface area contributed by atoms with E-state index in [1.165, 1.54) is 10.9 Å². The van der Waals surface area contributed by atoms with Gasteiger partial charge in [-0.05, 0) is 41.3 Å². The Morgan fingerprint density at radius 1 is 0.765 bits per heavy atom. The van der Waals surface area contributed by atoms with Crippen molar-refractivity contribution in [2.24, 2.45) is 0 Å². The average molecular weight is 256 g/mol. The molecule has 0 spiro atoms. The first-order valence-electron chi connectivity index (χ1n) is 5.44. The summed E-state index contributed by atoms with van der Waals surface area (Å²) >= 11 is 0. The van der Waals surface area contributed by atoms with E-state index in [1.54, 1.807) is 0 Å². The Morgan fingerprint density at radius 2 is 1.24 bits per heavy atom. The molecule has 0 aliphatic carbocycles. The van der Waals surface area contributed by atoms with Crippen LogP contribution in [0.3, 0.4) is 0 Å². The van der Waals surface area contributed by atoms with Crippen LogP contribution >= 0.6 is 18.5 Å². The third-order valence-electron chi connectivity index (χ3n) is 2.45. The summed E-state index contributed by atoms with van der Waals surface area (Å²) in [7, 11) is 5.39. The molecule has 2 aromatic carbocycles. The molecule has 0 aliphatic heterocycles. The maximum Gasteiger partial charge on any atom is 0.0249 e. The average Bonchev–Trinajstić information content (AvgIpc) is 2.39. The molecule has 2 aromatic rings. The molecule has 0 nitrogen and oxygen atoms in total. The predicted molar refractivity (Wildman–Crippen MR) is 81.6 cm³/mol. The Labute approximate surface area is 107 Å². The van der Waals surface area contributed by atoms with Gasteiger partial charge in [0.05, 0.1) is 0 Å². The molecule has 0 aromatic heterocycles. The SMILES string of the molecule is PCc1ccc(C#Cc2ccc(P)cc2)cc1. The zero-order valence-corrected chi connectivity index (χ0v) is 11.8. The summed E-state index contributed by atoms with van der Waals surface area (Å²) in [5.74, 6) is 6.33. The standard InChI is InChI=1S/C15H14P2/c16-11-14-5-3-12(4-6-14)1-2-13-7-9-15(17)10-8-13/h3-10H,11,16-17H2. The van der Waals surface area contributed by atoms with Gasteiger partial charge in [-0.25, -0.2) is 0 Å². The van der Waals surface area contributed by atoms with E-state index in [0.717, 1.165) is 17.3 Å². The summed E-state index contributed by atoms with van der Waals surface area (Å²) in [5, 5.41) is 1.18. The van der Waals surface area contributed by atoms with E-state index in [2.05, 4.69) is 54.6 Å². The normalized spacial score (nSPS) is 9.53. The van der Waals surface area contributed by atoms with Crippen molar-refractivity contribution in [1.82, 2.24) is 0 Å². The van der Waals surface area contributed by atoms with E-state index >= 15 is 0 Å². The van der Waals surface area contributed by atoms with E-state index in [1.807, 2.05) is 24.3 Å². The molecule has 0 N–H and O–H groups in total. The summed E-state index contributed by atoms with van der Waals surface area (Å²) in [4.78, 5) is 0.